The summed E-state index contributed by atoms with van der Waals surface area (Å²) in [5.74, 6) is -1.88. The first-order chi connectivity index (χ1) is 11.8. The van der Waals surface area contributed by atoms with Crippen LogP contribution in [0, 0.1) is 0 Å². The minimum absolute atomic E-state index is 0.00802. The maximum absolute atomic E-state index is 12.9. The lowest BCUT2D eigenvalue weighted by Gasteiger charge is -2.38. The van der Waals surface area contributed by atoms with E-state index in [1.807, 2.05) is 0 Å². The van der Waals surface area contributed by atoms with Gasteiger partial charge in [0.25, 0.3) is 5.91 Å². The number of carbonyl (C=O) groups excluding carboxylic acids is 1. The van der Waals surface area contributed by atoms with Gasteiger partial charge < -0.3 is 15.3 Å². The van der Waals surface area contributed by atoms with E-state index in [-0.39, 0.29) is 11.1 Å². The summed E-state index contributed by atoms with van der Waals surface area (Å²) in [5, 5.41) is 11.9. The average molecular weight is 350 g/mol. The number of amides is 1. The van der Waals surface area contributed by atoms with Gasteiger partial charge in [0, 0.05) is 5.69 Å². The molecule has 0 aromatic heterocycles. The molecule has 8 heteroatoms. The van der Waals surface area contributed by atoms with Gasteiger partial charge in [0.05, 0.1) is 11.1 Å². The van der Waals surface area contributed by atoms with E-state index < -0.39 is 30.8 Å². The lowest BCUT2D eigenvalue weighted by atomic mass is 10.0. The number of benzene rings is 2. The molecule has 2 N–H and O–H groups in total. The van der Waals surface area contributed by atoms with Crippen LogP contribution in [0.4, 0.5) is 18.9 Å². The fourth-order valence-corrected chi connectivity index (χ4v) is 2.72. The van der Waals surface area contributed by atoms with Crippen LogP contribution in [0.15, 0.2) is 48.5 Å². The Morgan fingerprint density at radius 2 is 1.76 bits per heavy atom. The molecule has 25 heavy (non-hydrogen) atoms. The molecule has 0 spiro atoms. The van der Waals surface area contributed by atoms with Crippen LogP contribution in [-0.4, -0.2) is 34.6 Å². The molecule has 1 unspecified atom stereocenters. The summed E-state index contributed by atoms with van der Waals surface area (Å²) in [7, 11) is 0. The molecule has 2 aromatic carbocycles. The normalized spacial score (nSPS) is 17.0. The first-order valence-electron chi connectivity index (χ1n) is 7.33. The van der Waals surface area contributed by atoms with Crippen molar-refractivity contribution in [3.8, 4) is 0 Å². The summed E-state index contributed by atoms with van der Waals surface area (Å²) in [6, 6.07) is 11.7. The maximum Gasteiger partial charge on any atom is 0.406 e. The van der Waals surface area contributed by atoms with Gasteiger partial charge in [0.2, 0.25) is 0 Å². The molecular weight excluding hydrogens is 337 g/mol. The number of rotatable bonds is 3. The number of aromatic carboxylic acids is 1. The lowest BCUT2D eigenvalue weighted by molar-refractivity contribution is -0.144. The molecule has 1 amide bonds. The number of halogens is 3. The Bertz CT molecular complexity index is 819. The van der Waals surface area contributed by atoms with Crippen molar-refractivity contribution < 1.29 is 27.9 Å². The van der Waals surface area contributed by atoms with Crippen molar-refractivity contribution in [3.63, 3.8) is 0 Å². The van der Waals surface area contributed by atoms with Gasteiger partial charge in [-0.2, -0.15) is 13.2 Å². The van der Waals surface area contributed by atoms with Crippen LogP contribution in [0.2, 0.25) is 0 Å². The highest BCUT2D eigenvalue weighted by Crippen LogP contribution is 2.35. The topological polar surface area (TPSA) is 69.6 Å². The van der Waals surface area contributed by atoms with Crippen LogP contribution in [0.25, 0.3) is 0 Å². The number of carboxylic acids is 1. The quantitative estimate of drug-likeness (QED) is 0.889. The number of carbonyl (C=O) groups is 2. The SMILES string of the molecule is O=C(O)c1ccc(C2Nc3ccccc3C(=O)N2CC(F)(F)F)cc1. The molecule has 2 aromatic rings. The van der Waals surface area contributed by atoms with E-state index in [9.17, 15) is 22.8 Å². The summed E-state index contributed by atoms with van der Waals surface area (Å²) in [6.07, 6.45) is -5.62. The number of nitrogens with zero attached hydrogens (tertiary/aromatic N) is 1. The van der Waals surface area contributed by atoms with E-state index >= 15 is 0 Å². The van der Waals surface area contributed by atoms with Crippen LogP contribution in [0.1, 0.15) is 32.4 Å². The molecule has 3 rings (SSSR count). The number of carboxylic acid groups (broad SMARTS) is 1. The Morgan fingerprint density at radius 3 is 2.36 bits per heavy atom. The smallest absolute Gasteiger partial charge is 0.406 e. The Kier molecular flexibility index (Phi) is 4.12. The second-order valence-corrected chi connectivity index (χ2v) is 5.57. The third-order valence-electron chi connectivity index (χ3n) is 3.85. The van der Waals surface area contributed by atoms with Gasteiger partial charge in [-0.3, -0.25) is 4.79 Å². The van der Waals surface area contributed by atoms with E-state index in [1.165, 1.54) is 30.3 Å². The second-order valence-electron chi connectivity index (χ2n) is 5.57. The fraction of sp³-hybridized carbons (Fsp3) is 0.176. The van der Waals surface area contributed by atoms with E-state index in [1.54, 1.807) is 18.2 Å². The first-order valence-corrected chi connectivity index (χ1v) is 7.33. The van der Waals surface area contributed by atoms with Gasteiger partial charge in [-0.15, -0.1) is 0 Å². The highest BCUT2D eigenvalue weighted by atomic mass is 19.4. The van der Waals surface area contributed by atoms with Crippen LogP contribution >= 0.6 is 0 Å². The molecule has 0 radical (unpaired) electrons. The van der Waals surface area contributed by atoms with Crippen molar-refractivity contribution in [1.82, 2.24) is 4.90 Å². The van der Waals surface area contributed by atoms with Crippen molar-refractivity contribution in [2.75, 3.05) is 11.9 Å². The van der Waals surface area contributed by atoms with Gasteiger partial charge in [0.1, 0.15) is 12.7 Å². The third-order valence-corrected chi connectivity index (χ3v) is 3.85. The van der Waals surface area contributed by atoms with Gasteiger partial charge in [-0.1, -0.05) is 24.3 Å². The largest absolute Gasteiger partial charge is 0.478 e. The van der Waals surface area contributed by atoms with E-state index in [0.717, 1.165) is 0 Å². The number of hydrogen-bond acceptors (Lipinski definition) is 3. The molecule has 1 heterocycles. The van der Waals surface area contributed by atoms with Crippen LogP contribution in [-0.2, 0) is 0 Å². The summed E-state index contributed by atoms with van der Waals surface area (Å²) in [6.45, 7) is -1.42. The molecule has 130 valence electrons. The number of anilines is 1. The minimum Gasteiger partial charge on any atom is -0.478 e. The Morgan fingerprint density at radius 1 is 1.12 bits per heavy atom. The number of para-hydroxylation sites is 1. The summed E-state index contributed by atoms with van der Waals surface area (Å²) < 4.78 is 38.8. The van der Waals surface area contributed by atoms with E-state index in [2.05, 4.69) is 5.32 Å². The summed E-state index contributed by atoms with van der Waals surface area (Å²) >= 11 is 0. The van der Waals surface area contributed by atoms with Gasteiger partial charge >= 0.3 is 12.1 Å². The number of fused-ring (bicyclic) bond motifs is 1. The van der Waals surface area contributed by atoms with Crippen LogP contribution < -0.4 is 5.32 Å². The molecule has 5 nitrogen and oxygen atoms in total. The van der Waals surface area contributed by atoms with Crippen LogP contribution in [0.5, 0.6) is 0 Å². The number of alkyl halides is 3. The van der Waals surface area contributed by atoms with E-state index in [4.69, 9.17) is 5.11 Å². The van der Waals surface area contributed by atoms with Gasteiger partial charge in [-0.25, -0.2) is 4.79 Å². The summed E-state index contributed by atoms with van der Waals surface area (Å²) in [5.41, 5.74) is 0.953. The van der Waals surface area contributed by atoms with Crippen molar-refractivity contribution in [2.24, 2.45) is 0 Å². The molecule has 0 saturated carbocycles. The summed E-state index contributed by atoms with van der Waals surface area (Å²) in [4.78, 5) is 24.2. The number of hydrogen-bond donors (Lipinski definition) is 2. The minimum atomic E-state index is -4.57. The van der Waals surface area contributed by atoms with Crippen molar-refractivity contribution in [2.45, 2.75) is 12.3 Å². The lowest BCUT2D eigenvalue weighted by Crippen LogP contribution is -2.47. The molecule has 0 saturated heterocycles. The zero-order chi connectivity index (χ0) is 18.2. The second kappa shape index (κ2) is 6.12. The standard InChI is InChI=1S/C17H13F3N2O3/c18-17(19,20)9-22-14(10-5-7-11(8-6-10)16(24)25)21-13-4-2-1-3-12(13)15(22)23/h1-8,14,21H,9H2,(H,24,25). The van der Waals surface area contributed by atoms with E-state index in [0.29, 0.717) is 16.2 Å². The Hall–Kier alpha value is -3.03. The fourth-order valence-electron chi connectivity index (χ4n) is 2.72. The molecule has 1 aliphatic heterocycles. The molecule has 0 bridgehead atoms. The Balaban J connectivity index is 2.02. The predicted octanol–water partition coefficient (Wildman–Crippen LogP) is 3.51. The zero-order valence-corrected chi connectivity index (χ0v) is 12.7. The molecule has 0 aliphatic carbocycles. The highest BCUT2D eigenvalue weighted by Gasteiger charge is 2.40. The van der Waals surface area contributed by atoms with Crippen LogP contribution in [0.3, 0.4) is 0 Å². The Labute approximate surface area is 140 Å². The van der Waals surface area contributed by atoms with Gasteiger partial charge in [0.15, 0.2) is 0 Å². The molecule has 1 aliphatic rings. The average Bonchev–Trinajstić information content (AvgIpc) is 2.56. The number of nitrogens with one attached hydrogen (secondary N) is 1. The maximum atomic E-state index is 12.9. The monoisotopic (exact) mass is 350 g/mol. The molecular formula is C17H13F3N2O3. The van der Waals surface area contributed by atoms with Crippen molar-refractivity contribution in [3.05, 3.63) is 65.2 Å². The zero-order valence-electron chi connectivity index (χ0n) is 12.7. The predicted molar refractivity (Wildman–Crippen MR) is 83.3 cm³/mol. The molecule has 1 atom stereocenters. The van der Waals surface area contributed by atoms with Gasteiger partial charge in [-0.05, 0) is 29.8 Å². The highest BCUT2D eigenvalue weighted by molar-refractivity contribution is 6.01. The van der Waals surface area contributed by atoms with Crippen molar-refractivity contribution >= 4 is 17.6 Å². The third kappa shape index (κ3) is 3.42. The van der Waals surface area contributed by atoms with Crippen molar-refractivity contribution in [1.29, 1.82) is 0 Å². The molecule has 0 fully saturated rings. The first kappa shape index (κ1) is 16.8.